The van der Waals surface area contributed by atoms with E-state index < -0.39 is 0 Å². The summed E-state index contributed by atoms with van der Waals surface area (Å²) in [6.07, 6.45) is 5.43. The van der Waals surface area contributed by atoms with Crippen molar-refractivity contribution in [1.29, 1.82) is 0 Å². The maximum absolute atomic E-state index is 9.63. The van der Waals surface area contributed by atoms with E-state index in [9.17, 15) is 5.11 Å². The smallest absolute Gasteiger partial charge is 0.0557 e. The third-order valence-corrected chi connectivity index (χ3v) is 2.56. The van der Waals surface area contributed by atoms with E-state index in [1.165, 1.54) is 19.3 Å². The molecule has 72 valence electrons. The van der Waals surface area contributed by atoms with Gasteiger partial charge in [-0.2, -0.15) is 0 Å². The Hall–Kier alpha value is -0.0800. The van der Waals surface area contributed by atoms with E-state index in [1.807, 2.05) is 0 Å². The highest BCUT2D eigenvalue weighted by molar-refractivity contribution is 4.81. The highest BCUT2D eigenvalue weighted by Gasteiger charge is 2.21. The molecule has 1 fully saturated rings. The van der Waals surface area contributed by atoms with Crippen LogP contribution in [0.15, 0.2) is 0 Å². The second-order valence-electron chi connectivity index (χ2n) is 4.52. The van der Waals surface area contributed by atoms with Crippen LogP contribution in [0, 0.1) is 0 Å². The van der Waals surface area contributed by atoms with Crippen LogP contribution in [-0.2, 0) is 0 Å². The van der Waals surface area contributed by atoms with Crippen molar-refractivity contribution < 1.29 is 5.11 Å². The lowest BCUT2D eigenvalue weighted by Gasteiger charge is -2.27. The fourth-order valence-corrected chi connectivity index (χ4v) is 1.87. The number of nitrogens with one attached hydrogen (secondary N) is 1. The van der Waals surface area contributed by atoms with Crippen molar-refractivity contribution in [3.63, 3.8) is 0 Å². The van der Waals surface area contributed by atoms with Gasteiger partial charge in [-0.1, -0.05) is 12.8 Å². The summed E-state index contributed by atoms with van der Waals surface area (Å²) in [6.45, 7) is 5.43. The zero-order chi connectivity index (χ0) is 9.03. The van der Waals surface area contributed by atoms with Gasteiger partial charge in [-0.3, -0.25) is 0 Å². The predicted octanol–water partition coefficient (Wildman–Crippen LogP) is 1.68. The van der Waals surface area contributed by atoms with E-state index in [0.29, 0.717) is 0 Å². The van der Waals surface area contributed by atoms with Gasteiger partial charge in [0.15, 0.2) is 0 Å². The molecule has 1 saturated heterocycles. The normalized spacial score (nSPS) is 31.8. The number of hydrogen-bond acceptors (Lipinski definition) is 2. The predicted molar refractivity (Wildman–Crippen MR) is 51.2 cm³/mol. The molecular formula is C10H21NO. The van der Waals surface area contributed by atoms with Crippen molar-refractivity contribution in [3.8, 4) is 0 Å². The summed E-state index contributed by atoms with van der Waals surface area (Å²) >= 11 is 0. The van der Waals surface area contributed by atoms with Crippen LogP contribution < -0.4 is 5.32 Å². The quantitative estimate of drug-likeness (QED) is 0.581. The highest BCUT2D eigenvalue weighted by atomic mass is 16.3. The first-order valence-electron chi connectivity index (χ1n) is 5.03. The Balaban J connectivity index is 2.44. The first-order valence-corrected chi connectivity index (χ1v) is 5.03. The van der Waals surface area contributed by atoms with Crippen LogP contribution in [-0.4, -0.2) is 23.3 Å². The van der Waals surface area contributed by atoms with Crippen molar-refractivity contribution in [1.82, 2.24) is 5.32 Å². The molecule has 0 aliphatic carbocycles. The summed E-state index contributed by atoms with van der Waals surface area (Å²) in [5, 5.41) is 13.1. The van der Waals surface area contributed by atoms with E-state index in [1.54, 1.807) is 0 Å². The van der Waals surface area contributed by atoms with Gasteiger partial charge in [-0.05, 0) is 39.7 Å². The van der Waals surface area contributed by atoms with E-state index in [0.717, 1.165) is 19.4 Å². The Morgan fingerprint density at radius 2 is 2.00 bits per heavy atom. The summed E-state index contributed by atoms with van der Waals surface area (Å²) < 4.78 is 0. The molecule has 0 bridgehead atoms. The zero-order valence-corrected chi connectivity index (χ0v) is 8.27. The van der Waals surface area contributed by atoms with Gasteiger partial charge in [0.2, 0.25) is 0 Å². The number of hydrogen-bond donors (Lipinski definition) is 2. The molecule has 2 nitrogen and oxygen atoms in total. The van der Waals surface area contributed by atoms with Crippen LogP contribution in [0.25, 0.3) is 0 Å². The summed E-state index contributed by atoms with van der Waals surface area (Å²) in [6, 6.07) is 0. The third kappa shape index (κ3) is 3.55. The van der Waals surface area contributed by atoms with Gasteiger partial charge in [-0.25, -0.2) is 0 Å². The van der Waals surface area contributed by atoms with Crippen molar-refractivity contribution in [2.75, 3.05) is 6.54 Å². The van der Waals surface area contributed by atoms with Crippen LogP contribution in [0.5, 0.6) is 0 Å². The maximum atomic E-state index is 9.63. The summed E-state index contributed by atoms with van der Waals surface area (Å²) in [5.74, 6) is 0. The second kappa shape index (κ2) is 4.24. The van der Waals surface area contributed by atoms with E-state index in [4.69, 9.17) is 0 Å². The molecule has 0 aromatic carbocycles. The minimum atomic E-state index is -0.106. The van der Waals surface area contributed by atoms with Crippen LogP contribution >= 0.6 is 0 Å². The molecule has 2 heteroatoms. The van der Waals surface area contributed by atoms with Gasteiger partial charge in [0.1, 0.15) is 0 Å². The lowest BCUT2D eigenvalue weighted by Crippen LogP contribution is -2.42. The summed E-state index contributed by atoms with van der Waals surface area (Å²) in [5.41, 5.74) is 0.115. The van der Waals surface area contributed by atoms with Gasteiger partial charge >= 0.3 is 0 Å². The van der Waals surface area contributed by atoms with Crippen LogP contribution in [0.3, 0.4) is 0 Å². The molecule has 0 radical (unpaired) electrons. The van der Waals surface area contributed by atoms with Crippen molar-refractivity contribution in [2.24, 2.45) is 0 Å². The lowest BCUT2D eigenvalue weighted by atomic mass is 9.95. The molecule has 1 unspecified atom stereocenters. The van der Waals surface area contributed by atoms with E-state index in [2.05, 4.69) is 19.2 Å². The van der Waals surface area contributed by atoms with Crippen molar-refractivity contribution in [3.05, 3.63) is 0 Å². The molecule has 2 N–H and O–H groups in total. The zero-order valence-electron chi connectivity index (χ0n) is 8.27. The molecule has 0 saturated carbocycles. The monoisotopic (exact) mass is 171 g/mol. The van der Waals surface area contributed by atoms with Gasteiger partial charge in [0.25, 0.3) is 0 Å². The van der Waals surface area contributed by atoms with Crippen LogP contribution in [0.2, 0.25) is 0 Å². The topological polar surface area (TPSA) is 32.3 Å². The van der Waals surface area contributed by atoms with Gasteiger partial charge in [0.05, 0.1) is 6.10 Å². The fourth-order valence-electron chi connectivity index (χ4n) is 1.87. The molecule has 1 heterocycles. The minimum Gasteiger partial charge on any atom is -0.393 e. The van der Waals surface area contributed by atoms with Gasteiger partial charge in [-0.15, -0.1) is 0 Å². The largest absolute Gasteiger partial charge is 0.393 e. The van der Waals surface area contributed by atoms with Crippen LogP contribution in [0.1, 0.15) is 46.0 Å². The standard InChI is InChI=1S/C10H21NO/c1-10(2)8-9(12)6-4-3-5-7-11-10/h9,11-12H,3-8H2,1-2H3. The Morgan fingerprint density at radius 1 is 1.25 bits per heavy atom. The lowest BCUT2D eigenvalue weighted by molar-refractivity contribution is 0.122. The van der Waals surface area contributed by atoms with E-state index >= 15 is 0 Å². The molecule has 1 aliphatic heterocycles. The second-order valence-corrected chi connectivity index (χ2v) is 4.52. The number of aliphatic hydroxyl groups is 1. The molecular weight excluding hydrogens is 150 g/mol. The molecule has 0 spiro atoms. The Kier molecular flexibility index (Phi) is 3.53. The maximum Gasteiger partial charge on any atom is 0.0557 e. The first kappa shape index (κ1) is 10.0. The molecule has 0 aromatic heterocycles. The van der Waals surface area contributed by atoms with Crippen molar-refractivity contribution >= 4 is 0 Å². The third-order valence-electron chi connectivity index (χ3n) is 2.56. The molecule has 0 aromatic rings. The SMILES string of the molecule is CC1(C)CC(O)CCCCCN1. The Bertz CT molecular complexity index is 134. The fraction of sp³-hybridized carbons (Fsp3) is 1.00. The molecule has 1 atom stereocenters. The van der Waals surface area contributed by atoms with Crippen LogP contribution in [0.4, 0.5) is 0 Å². The summed E-state index contributed by atoms with van der Waals surface area (Å²) in [4.78, 5) is 0. The Labute approximate surface area is 75.4 Å². The molecule has 1 rings (SSSR count). The molecule has 1 aliphatic rings. The molecule has 12 heavy (non-hydrogen) atoms. The highest BCUT2D eigenvalue weighted by Crippen LogP contribution is 2.17. The number of aliphatic hydroxyl groups excluding tert-OH is 1. The van der Waals surface area contributed by atoms with Gasteiger partial charge < -0.3 is 10.4 Å². The van der Waals surface area contributed by atoms with E-state index in [-0.39, 0.29) is 11.6 Å². The summed E-state index contributed by atoms with van der Waals surface area (Å²) in [7, 11) is 0. The average Bonchev–Trinajstić information content (AvgIpc) is 1.99. The number of rotatable bonds is 0. The minimum absolute atomic E-state index is 0.106. The van der Waals surface area contributed by atoms with Gasteiger partial charge in [0, 0.05) is 5.54 Å². The van der Waals surface area contributed by atoms with Crippen molar-refractivity contribution in [2.45, 2.75) is 57.6 Å². The molecule has 0 amide bonds. The average molecular weight is 171 g/mol. The first-order chi connectivity index (χ1) is 5.60. The Morgan fingerprint density at radius 3 is 2.75 bits per heavy atom.